The number of carbonyl (C=O) groups excluding carboxylic acids is 2. The van der Waals surface area contributed by atoms with Crippen molar-refractivity contribution in [1.82, 2.24) is 0 Å². The summed E-state index contributed by atoms with van der Waals surface area (Å²) in [5.74, 6) is -0.507. The van der Waals surface area contributed by atoms with Crippen LogP contribution in [0.5, 0.6) is 0 Å². The molecule has 0 spiro atoms. The van der Waals surface area contributed by atoms with Gasteiger partial charge in [-0.2, -0.15) is 0 Å². The number of nitrogens with two attached hydrogens (primary N) is 1. The SMILES string of the molecule is NC(=O)c1c(NC(=O)Nc2ccc(Cl)c(Cl)c2)sc2c1CCCCCC2. The molecule has 0 saturated carbocycles. The van der Waals surface area contributed by atoms with E-state index in [4.69, 9.17) is 28.9 Å². The number of rotatable bonds is 3. The Kier molecular flexibility index (Phi) is 6.06. The van der Waals surface area contributed by atoms with Crippen molar-refractivity contribution in [3.63, 3.8) is 0 Å². The van der Waals surface area contributed by atoms with Gasteiger partial charge in [0.25, 0.3) is 5.91 Å². The van der Waals surface area contributed by atoms with E-state index < -0.39 is 11.9 Å². The molecule has 1 aliphatic carbocycles. The van der Waals surface area contributed by atoms with E-state index in [1.54, 1.807) is 18.2 Å². The van der Waals surface area contributed by atoms with E-state index in [1.807, 2.05) is 0 Å². The van der Waals surface area contributed by atoms with Crippen LogP contribution >= 0.6 is 34.5 Å². The lowest BCUT2D eigenvalue weighted by molar-refractivity contribution is 0.100. The molecular weight excluding hydrogens is 393 g/mol. The number of hydrogen-bond acceptors (Lipinski definition) is 3. The van der Waals surface area contributed by atoms with E-state index in [0.29, 0.717) is 26.3 Å². The molecule has 5 nitrogen and oxygen atoms in total. The van der Waals surface area contributed by atoms with E-state index in [2.05, 4.69) is 10.6 Å². The molecule has 1 aromatic heterocycles. The first-order valence-corrected chi connectivity index (χ1v) is 10.0. The zero-order valence-corrected chi connectivity index (χ0v) is 16.4. The number of amides is 3. The largest absolute Gasteiger partial charge is 0.365 e. The van der Waals surface area contributed by atoms with Gasteiger partial charge in [0, 0.05) is 10.6 Å². The first kappa shape index (κ1) is 19.0. The van der Waals surface area contributed by atoms with Crippen molar-refractivity contribution >= 4 is 57.2 Å². The Labute approximate surface area is 165 Å². The summed E-state index contributed by atoms with van der Waals surface area (Å²) in [6.45, 7) is 0. The number of fused-ring (bicyclic) bond motifs is 1. The molecule has 1 heterocycles. The van der Waals surface area contributed by atoms with Crippen LogP contribution in [0, 0.1) is 0 Å². The van der Waals surface area contributed by atoms with Crippen LogP contribution in [0.25, 0.3) is 0 Å². The van der Waals surface area contributed by atoms with Crippen molar-refractivity contribution in [2.45, 2.75) is 38.5 Å². The summed E-state index contributed by atoms with van der Waals surface area (Å²) in [7, 11) is 0. The molecule has 0 aliphatic heterocycles. The standard InChI is InChI=1S/C18H19Cl2N3O2S/c19-12-8-7-10(9-13(12)20)22-18(25)23-17-15(16(21)24)11-5-3-1-2-4-6-14(11)26-17/h7-9H,1-6H2,(H2,21,24)(H2,22,23,25). The minimum absolute atomic E-state index is 0.348. The molecule has 0 saturated heterocycles. The fourth-order valence-electron chi connectivity index (χ4n) is 3.11. The monoisotopic (exact) mass is 411 g/mol. The van der Waals surface area contributed by atoms with Gasteiger partial charge >= 0.3 is 6.03 Å². The van der Waals surface area contributed by atoms with Crippen molar-refractivity contribution < 1.29 is 9.59 Å². The summed E-state index contributed by atoms with van der Waals surface area (Å²) >= 11 is 13.3. The second-order valence-electron chi connectivity index (χ2n) is 6.19. The van der Waals surface area contributed by atoms with Crippen LogP contribution in [-0.2, 0) is 12.8 Å². The van der Waals surface area contributed by atoms with Crippen LogP contribution in [0.15, 0.2) is 18.2 Å². The summed E-state index contributed by atoms with van der Waals surface area (Å²) in [6.07, 6.45) is 6.17. The van der Waals surface area contributed by atoms with Gasteiger partial charge < -0.3 is 11.1 Å². The molecule has 3 rings (SSSR count). The first-order valence-electron chi connectivity index (χ1n) is 8.43. The summed E-state index contributed by atoms with van der Waals surface area (Å²) in [4.78, 5) is 25.5. The molecule has 1 aliphatic rings. The highest BCUT2D eigenvalue weighted by Gasteiger charge is 2.23. The van der Waals surface area contributed by atoms with Crippen LogP contribution in [-0.4, -0.2) is 11.9 Å². The Balaban J connectivity index is 1.81. The van der Waals surface area contributed by atoms with Crippen LogP contribution in [0.1, 0.15) is 46.5 Å². The smallest absolute Gasteiger partial charge is 0.324 e. The second kappa shape index (κ2) is 8.29. The van der Waals surface area contributed by atoms with Crippen LogP contribution in [0.4, 0.5) is 15.5 Å². The van der Waals surface area contributed by atoms with E-state index >= 15 is 0 Å². The maximum atomic E-state index is 12.4. The molecule has 0 atom stereocenters. The van der Waals surface area contributed by atoms with Crippen molar-refractivity contribution in [3.05, 3.63) is 44.2 Å². The fourth-order valence-corrected chi connectivity index (χ4v) is 4.70. The molecule has 4 N–H and O–H groups in total. The molecule has 26 heavy (non-hydrogen) atoms. The highest BCUT2D eigenvalue weighted by atomic mass is 35.5. The normalized spacial score (nSPS) is 14.1. The van der Waals surface area contributed by atoms with Gasteiger partial charge in [-0.05, 0) is 49.4 Å². The number of primary amides is 1. The summed E-state index contributed by atoms with van der Waals surface area (Å²) < 4.78 is 0. The molecule has 8 heteroatoms. The molecule has 0 unspecified atom stereocenters. The number of aryl methyl sites for hydroxylation is 1. The van der Waals surface area contributed by atoms with Crippen molar-refractivity contribution in [2.75, 3.05) is 10.6 Å². The Bertz CT molecular complexity index is 851. The Morgan fingerprint density at radius 1 is 1.00 bits per heavy atom. The minimum Gasteiger partial charge on any atom is -0.365 e. The predicted octanol–water partition coefficient (Wildman–Crippen LogP) is 5.46. The quantitative estimate of drug-likeness (QED) is 0.626. The zero-order chi connectivity index (χ0) is 18.7. The topological polar surface area (TPSA) is 84.2 Å². The van der Waals surface area contributed by atoms with E-state index in [-0.39, 0.29) is 0 Å². The number of anilines is 2. The van der Waals surface area contributed by atoms with Gasteiger partial charge in [0.1, 0.15) is 5.00 Å². The van der Waals surface area contributed by atoms with Crippen LogP contribution in [0.3, 0.4) is 0 Å². The average molecular weight is 412 g/mol. The number of hydrogen-bond donors (Lipinski definition) is 3. The van der Waals surface area contributed by atoms with Gasteiger partial charge in [-0.15, -0.1) is 11.3 Å². The fraction of sp³-hybridized carbons (Fsp3) is 0.333. The number of nitrogens with one attached hydrogen (secondary N) is 2. The third-order valence-electron chi connectivity index (χ3n) is 4.32. The minimum atomic E-state index is -0.507. The number of benzene rings is 1. The third kappa shape index (κ3) is 4.31. The maximum Gasteiger partial charge on any atom is 0.324 e. The number of thiophene rings is 1. The van der Waals surface area contributed by atoms with Crippen LogP contribution < -0.4 is 16.4 Å². The molecule has 1 aromatic carbocycles. The molecule has 0 bridgehead atoms. The van der Waals surface area contributed by atoms with Gasteiger partial charge in [-0.3, -0.25) is 10.1 Å². The Hall–Kier alpha value is -1.76. The first-order chi connectivity index (χ1) is 12.5. The van der Waals surface area contributed by atoms with Gasteiger partial charge in [0.2, 0.25) is 0 Å². The average Bonchev–Trinajstić information content (AvgIpc) is 2.87. The lowest BCUT2D eigenvalue weighted by Gasteiger charge is -2.10. The Morgan fingerprint density at radius 3 is 2.42 bits per heavy atom. The van der Waals surface area contributed by atoms with Gasteiger partial charge in [-0.25, -0.2) is 4.79 Å². The summed E-state index contributed by atoms with van der Waals surface area (Å²) in [5, 5.41) is 6.71. The number of carbonyl (C=O) groups is 2. The van der Waals surface area contributed by atoms with Gasteiger partial charge in [0.15, 0.2) is 0 Å². The van der Waals surface area contributed by atoms with Crippen molar-refractivity contribution in [1.29, 1.82) is 0 Å². The maximum absolute atomic E-state index is 12.4. The summed E-state index contributed by atoms with van der Waals surface area (Å²) in [5.41, 5.74) is 7.54. The van der Waals surface area contributed by atoms with Gasteiger partial charge in [0.05, 0.1) is 15.6 Å². The Morgan fingerprint density at radius 2 is 1.73 bits per heavy atom. The molecule has 0 fully saturated rings. The highest BCUT2D eigenvalue weighted by molar-refractivity contribution is 7.17. The molecule has 3 amide bonds. The molecule has 138 valence electrons. The summed E-state index contributed by atoms with van der Waals surface area (Å²) in [6, 6.07) is 4.36. The van der Waals surface area contributed by atoms with Crippen molar-refractivity contribution in [2.24, 2.45) is 5.73 Å². The zero-order valence-electron chi connectivity index (χ0n) is 14.0. The molecule has 0 radical (unpaired) electrons. The number of halogens is 2. The molecular formula is C18H19Cl2N3O2S. The number of urea groups is 1. The van der Waals surface area contributed by atoms with Crippen molar-refractivity contribution in [3.8, 4) is 0 Å². The lowest BCUT2D eigenvalue weighted by Crippen LogP contribution is -2.22. The van der Waals surface area contributed by atoms with E-state index in [0.717, 1.165) is 42.5 Å². The van der Waals surface area contributed by atoms with Gasteiger partial charge in [-0.1, -0.05) is 36.0 Å². The lowest BCUT2D eigenvalue weighted by atomic mass is 9.96. The van der Waals surface area contributed by atoms with E-state index in [9.17, 15) is 9.59 Å². The third-order valence-corrected chi connectivity index (χ3v) is 6.27. The highest BCUT2D eigenvalue weighted by Crippen LogP contribution is 2.37. The molecule has 2 aromatic rings. The predicted molar refractivity (Wildman–Crippen MR) is 108 cm³/mol. The second-order valence-corrected chi connectivity index (χ2v) is 8.11. The van der Waals surface area contributed by atoms with E-state index in [1.165, 1.54) is 17.8 Å². The van der Waals surface area contributed by atoms with Crippen LogP contribution in [0.2, 0.25) is 10.0 Å².